The summed E-state index contributed by atoms with van der Waals surface area (Å²) < 4.78 is 2.41. The van der Waals surface area contributed by atoms with Gasteiger partial charge < -0.3 is 9.88 Å². The number of rotatable bonds is 7. The van der Waals surface area contributed by atoms with Gasteiger partial charge in [0.25, 0.3) is 0 Å². The maximum Gasteiger partial charge on any atom is 0.0486 e. The third-order valence-electron chi connectivity index (χ3n) is 6.07. The molecule has 1 N–H and O–H groups in total. The molecule has 0 saturated carbocycles. The maximum absolute atomic E-state index is 3.73. The summed E-state index contributed by atoms with van der Waals surface area (Å²) in [5, 5.41) is 5.11. The summed E-state index contributed by atoms with van der Waals surface area (Å²) in [6.07, 6.45) is 5.02. The molecule has 3 aromatic rings. The molecule has 1 fully saturated rings. The predicted octanol–water partition coefficient (Wildman–Crippen LogP) is 4.57. The molecule has 1 aliphatic rings. The van der Waals surface area contributed by atoms with Crippen LogP contribution < -0.4 is 5.32 Å². The molecule has 1 atom stereocenters. The third-order valence-corrected chi connectivity index (χ3v) is 6.07. The highest BCUT2D eigenvalue weighted by Gasteiger charge is 2.22. The Labute approximate surface area is 163 Å². The zero-order chi connectivity index (χ0) is 18.6. The van der Waals surface area contributed by atoms with Crippen molar-refractivity contribution < 1.29 is 0 Å². The molecule has 0 aliphatic carbocycles. The van der Waals surface area contributed by atoms with Crippen LogP contribution in [-0.2, 0) is 13.1 Å². The Hall–Kier alpha value is -2.10. The van der Waals surface area contributed by atoms with E-state index in [9.17, 15) is 0 Å². The molecule has 0 bridgehead atoms. The fraction of sp³-hybridized carbons (Fsp3) is 0.417. The van der Waals surface area contributed by atoms with Crippen molar-refractivity contribution in [3.8, 4) is 0 Å². The molecule has 142 valence electrons. The quantitative estimate of drug-likeness (QED) is 0.665. The molecule has 27 heavy (non-hydrogen) atoms. The number of fused-ring (bicyclic) bond motifs is 1. The minimum Gasteiger partial charge on any atom is -0.343 e. The zero-order valence-corrected chi connectivity index (χ0v) is 16.6. The van der Waals surface area contributed by atoms with Crippen molar-refractivity contribution >= 4 is 10.9 Å². The van der Waals surface area contributed by atoms with Crippen molar-refractivity contribution in [2.24, 2.45) is 0 Å². The van der Waals surface area contributed by atoms with Crippen LogP contribution in [0.3, 0.4) is 0 Å². The average molecular weight is 362 g/mol. The van der Waals surface area contributed by atoms with Crippen LogP contribution in [0.25, 0.3) is 10.9 Å². The Morgan fingerprint density at radius 2 is 1.85 bits per heavy atom. The first-order valence-electron chi connectivity index (χ1n) is 10.3. The van der Waals surface area contributed by atoms with Gasteiger partial charge in [-0.1, -0.05) is 49.4 Å². The zero-order valence-electron chi connectivity index (χ0n) is 16.6. The molecular formula is C24H31N3. The number of para-hydroxylation sites is 1. The predicted molar refractivity (Wildman–Crippen MR) is 114 cm³/mol. The lowest BCUT2D eigenvalue weighted by atomic mass is 10.1. The Balaban J connectivity index is 1.51. The number of hydrogen-bond acceptors (Lipinski definition) is 2. The van der Waals surface area contributed by atoms with E-state index in [1.165, 1.54) is 53.5 Å². The molecular weight excluding hydrogens is 330 g/mol. The largest absolute Gasteiger partial charge is 0.343 e. The van der Waals surface area contributed by atoms with Crippen LogP contribution in [0, 0.1) is 6.92 Å². The maximum atomic E-state index is 3.73. The number of aromatic nitrogens is 1. The highest BCUT2D eigenvalue weighted by Crippen LogP contribution is 2.23. The summed E-state index contributed by atoms with van der Waals surface area (Å²) in [4.78, 5) is 2.61. The molecule has 3 nitrogen and oxygen atoms in total. The smallest absolute Gasteiger partial charge is 0.0486 e. The lowest BCUT2D eigenvalue weighted by Crippen LogP contribution is -2.37. The van der Waals surface area contributed by atoms with E-state index in [0.29, 0.717) is 6.04 Å². The fourth-order valence-corrected chi connectivity index (χ4v) is 4.48. The van der Waals surface area contributed by atoms with Gasteiger partial charge in [-0.05, 0) is 55.6 Å². The first-order chi connectivity index (χ1) is 13.3. The summed E-state index contributed by atoms with van der Waals surface area (Å²) in [6.45, 7) is 9.86. The summed E-state index contributed by atoms with van der Waals surface area (Å²) in [7, 11) is 0. The van der Waals surface area contributed by atoms with Crippen LogP contribution in [0.5, 0.6) is 0 Å². The Morgan fingerprint density at radius 1 is 1.04 bits per heavy atom. The topological polar surface area (TPSA) is 20.2 Å². The molecule has 1 saturated heterocycles. The van der Waals surface area contributed by atoms with Gasteiger partial charge in [0.05, 0.1) is 0 Å². The van der Waals surface area contributed by atoms with E-state index in [2.05, 4.69) is 83.4 Å². The van der Waals surface area contributed by atoms with E-state index in [4.69, 9.17) is 0 Å². The number of aryl methyl sites for hydroxylation is 1. The van der Waals surface area contributed by atoms with Crippen molar-refractivity contribution in [3.63, 3.8) is 0 Å². The van der Waals surface area contributed by atoms with E-state index in [1.807, 2.05) is 0 Å². The third kappa shape index (κ3) is 3.95. The summed E-state index contributed by atoms with van der Waals surface area (Å²) in [6, 6.07) is 18.2. The number of nitrogens with zero attached hydrogens (tertiary/aromatic N) is 2. The second kappa shape index (κ2) is 8.28. The van der Waals surface area contributed by atoms with Crippen molar-refractivity contribution in [3.05, 3.63) is 71.4 Å². The first-order valence-corrected chi connectivity index (χ1v) is 10.3. The monoisotopic (exact) mass is 361 g/mol. The van der Waals surface area contributed by atoms with E-state index in [0.717, 1.165) is 19.6 Å². The first kappa shape index (κ1) is 18.3. The number of likely N-dealkylation sites (N-methyl/N-ethyl adjacent to an activating group) is 1. The standard InChI is InChI=1S/C24H31N3/c1-3-26-14-8-11-22(26)16-25-15-21-18-27(24-13-7-6-12-23(21)24)17-20-10-5-4-9-19(20)2/h4-7,9-10,12-13,18,22,25H,3,8,11,14-17H2,1-2H3/t22-/m1/s1. The fourth-order valence-electron chi connectivity index (χ4n) is 4.48. The molecule has 1 aromatic heterocycles. The van der Waals surface area contributed by atoms with E-state index >= 15 is 0 Å². The van der Waals surface area contributed by atoms with E-state index in [1.54, 1.807) is 0 Å². The second-order valence-corrected chi connectivity index (χ2v) is 7.78. The number of likely N-dealkylation sites (tertiary alicyclic amines) is 1. The van der Waals surface area contributed by atoms with E-state index in [-0.39, 0.29) is 0 Å². The highest BCUT2D eigenvalue weighted by atomic mass is 15.2. The molecule has 4 rings (SSSR count). The minimum atomic E-state index is 0.704. The lowest BCUT2D eigenvalue weighted by molar-refractivity contribution is 0.260. The van der Waals surface area contributed by atoms with Crippen LogP contribution >= 0.6 is 0 Å². The molecule has 2 heterocycles. The molecule has 0 amide bonds. The number of benzene rings is 2. The summed E-state index contributed by atoms with van der Waals surface area (Å²) in [5.41, 5.74) is 5.48. The SMILES string of the molecule is CCN1CCC[C@@H]1CNCc1cn(Cc2ccccc2C)c2ccccc12. The molecule has 0 spiro atoms. The van der Waals surface area contributed by atoms with Crippen LogP contribution in [0.1, 0.15) is 36.5 Å². The van der Waals surface area contributed by atoms with Crippen LogP contribution in [-0.4, -0.2) is 35.1 Å². The molecule has 3 heteroatoms. The van der Waals surface area contributed by atoms with Crippen LogP contribution in [0.15, 0.2) is 54.7 Å². The van der Waals surface area contributed by atoms with E-state index < -0.39 is 0 Å². The van der Waals surface area contributed by atoms with Gasteiger partial charge in [-0.25, -0.2) is 0 Å². The van der Waals surface area contributed by atoms with Gasteiger partial charge in [-0.15, -0.1) is 0 Å². The highest BCUT2D eigenvalue weighted by molar-refractivity contribution is 5.84. The Bertz CT molecular complexity index is 896. The van der Waals surface area contributed by atoms with Gasteiger partial charge in [0.1, 0.15) is 0 Å². The average Bonchev–Trinajstić information content (AvgIpc) is 3.29. The van der Waals surface area contributed by atoms with Gasteiger partial charge in [0, 0.05) is 42.8 Å². The number of nitrogens with one attached hydrogen (secondary N) is 1. The van der Waals surface area contributed by atoms with Gasteiger partial charge in [-0.3, -0.25) is 4.90 Å². The van der Waals surface area contributed by atoms with Gasteiger partial charge in [0.15, 0.2) is 0 Å². The van der Waals surface area contributed by atoms with Gasteiger partial charge >= 0.3 is 0 Å². The van der Waals surface area contributed by atoms with Crippen molar-refractivity contribution in [1.29, 1.82) is 0 Å². The van der Waals surface area contributed by atoms with Crippen molar-refractivity contribution in [2.45, 2.75) is 45.8 Å². The lowest BCUT2D eigenvalue weighted by Gasteiger charge is -2.22. The van der Waals surface area contributed by atoms with Crippen LogP contribution in [0.2, 0.25) is 0 Å². The molecule has 0 radical (unpaired) electrons. The summed E-state index contributed by atoms with van der Waals surface area (Å²) in [5.74, 6) is 0. The number of hydrogen-bond donors (Lipinski definition) is 1. The molecule has 1 aliphatic heterocycles. The second-order valence-electron chi connectivity index (χ2n) is 7.78. The molecule has 0 unspecified atom stereocenters. The molecule has 2 aromatic carbocycles. The van der Waals surface area contributed by atoms with Crippen molar-refractivity contribution in [1.82, 2.24) is 14.8 Å². The Kier molecular flexibility index (Phi) is 5.61. The minimum absolute atomic E-state index is 0.704. The summed E-state index contributed by atoms with van der Waals surface area (Å²) >= 11 is 0. The Morgan fingerprint density at radius 3 is 2.70 bits per heavy atom. The van der Waals surface area contributed by atoms with Gasteiger partial charge in [0.2, 0.25) is 0 Å². The normalized spacial score (nSPS) is 17.8. The van der Waals surface area contributed by atoms with Crippen LogP contribution in [0.4, 0.5) is 0 Å². The van der Waals surface area contributed by atoms with Crippen molar-refractivity contribution in [2.75, 3.05) is 19.6 Å². The van der Waals surface area contributed by atoms with Gasteiger partial charge in [-0.2, -0.15) is 0 Å².